The van der Waals surface area contributed by atoms with E-state index < -0.39 is 71.5 Å². The number of allylic oxidation sites excluding steroid dienone is 11. The molecule has 0 radical (unpaired) electrons. The lowest BCUT2D eigenvalue weighted by atomic mass is 10.0. The Morgan fingerprint density at radius 3 is 1.97 bits per heavy atom. The summed E-state index contributed by atoms with van der Waals surface area (Å²) < 4.78 is 0. The summed E-state index contributed by atoms with van der Waals surface area (Å²) in [7, 11) is 0. The van der Waals surface area contributed by atoms with Crippen LogP contribution in [0.3, 0.4) is 0 Å². The van der Waals surface area contributed by atoms with Gasteiger partial charge >= 0.3 is 23.9 Å². The van der Waals surface area contributed by atoms with Crippen molar-refractivity contribution in [2.45, 2.75) is 88.6 Å². The van der Waals surface area contributed by atoms with Crippen molar-refractivity contribution in [1.29, 1.82) is 0 Å². The number of carbonyl (C=O) groups is 9. The third-order valence-electron chi connectivity index (χ3n) is 14.4. The average molecular weight is 1220 g/mol. The number of nitrogens with one attached hydrogen (secondary N) is 3. The number of imide groups is 1. The SMILES string of the molecule is CC(C)CN1CCN(CC(=O)O)CCN(CC(=O)O)CC(Cc2ccc(C(=O)NC(Cc3ccccc3)C(=O)NCC(=O)NC(CCCCN3C(=O)CC(SCCCC(N)=NC4=C\C=C/C=C\C=C/C=C\C=C4)C3=O)C(=O)O)cc2)N(CC(=O)O)CC1. The van der Waals surface area contributed by atoms with Crippen LogP contribution < -0.4 is 21.7 Å². The molecule has 5 amide bonds. The van der Waals surface area contributed by atoms with Crippen LogP contribution in [0.5, 0.6) is 0 Å². The van der Waals surface area contributed by atoms with Crippen LogP contribution in [0.25, 0.3) is 0 Å². The lowest BCUT2D eigenvalue weighted by Crippen LogP contribution is -2.53. The minimum atomic E-state index is -1.34. The number of benzene rings is 2. The van der Waals surface area contributed by atoms with Crippen molar-refractivity contribution in [2.24, 2.45) is 16.6 Å². The highest BCUT2D eigenvalue weighted by atomic mass is 32.2. The lowest BCUT2D eigenvalue weighted by molar-refractivity contribution is -0.142. The van der Waals surface area contributed by atoms with Crippen LogP contribution in [0.15, 0.2) is 132 Å². The van der Waals surface area contributed by atoms with Crippen LogP contribution >= 0.6 is 11.8 Å². The van der Waals surface area contributed by atoms with E-state index in [4.69, 9.17) is 5.73 Å². The van der Waals surface area contributed by atoms with Crippen molar-refractivity contribution in [3.63, 3.8) is 0 Å². The standard InChI is InChI=1S/C63H84N10O13S/c1-45(2)40-69-29-30-70(42-57(76)77)31-32-71(43-58(78)79)41-50(72(34-33-69)44-59(80)81)36-47-24-26-48(27-25-47)60(82)68-52(37-46-18-11-10-12-19-46)61(83)65-39-55(74)67-51(63(85)86)22-15-16-28-73-56(75)38-53(62(73)84)87-35-17-23-54(64)66-49-20-13-8-6-4-3-5-7-9-14-21-49/h3-14,18-21,24-27,45,50-53H,15-17,22-23,28-44H2,1-2H3,(H2,64,66)(H,65,83)(H,67,74)(H,68,82)(H,76,77)(H,78,79)(H,80,81)(H,85,86)/b4-3-,5-3?,6-4?,7-5-,8-6-,9-7?,13-8?,14-9-,20-13?,21-14?,49-20?,49-21?. The van der Waals surface area contributed by atoms with Crippen molar-refractivity contribution >= 4 is 71.0 Å². The molecule has 5 rings (SSSR count). The molecule has 4 atom stereocenters. The molecule has 2 aromatic rings. The topological polar surface area (TPSA) is 325 Å². The van der Waals surface area contributed by atoms with Gasteiger partial charge in [0, 0.05) is 89.8 Å². The molecule has 470 valence electrons. The number of carboxylic acid groups (broad SMARTS) is 4. The van der Waals surface area contributed by atoms with Gasteiger partial charge in [0.2, 0.25) is 23.6 Å². The number of thioether (sulfide) groups is 1. The van der Waals surface area contributed by atoms with Gasteiger partial charge in [0.25, 0.3) is 5.91 Å². The molecule has 9 N–H and O–H groups in total. The fourth-order valence-electron chi connectivity index (χ4n) is 10.1. The van der Waals surface area contributed by atoms with Gasteiger partial charge in [-0.1, -0.05) is 111 Å². The first-order chi connectivity index (χ1) is 41.7. The molecule has 3 aliphatic rings. The summed E-state index contributed by atoms with van der Waals surface area (Å²) in [6.07, 6.45) is 22.7. The second-order valence-corrected chi connectivity index (χ2v) is 23.3. The number of hydrogen-bond donors (Lipinski definition) is 8. The number of aliphatic imine (C=N–C) groups is 1. The number of carboxylic acids is 4. The zero-order chi connectivity index (χ0) is 63.1. The molecule has 2 saturated heterocycles. The highest BCUT2D eigenvalue weighted by molar-refractivity contribution is 8.00. The van der Waals surface area contributed by atoms with Gasteiger partial charge in [-0.05, 0) is 79.2 Å². The maximum Gasteiger partial charge on any atom is 0.326 e. The van der Waals surface area contributed by atoms with E-state index in [1.165, 1.54) is 16.7 Å². The van der Waals surface area contributed by atoms with Crippen LogP contribution in [0, 0.1) is 5.92 Å². The maximum atomic E-state index is 13.9. The van der Waals surface area contributed by atoms with E-state index >= 15 is 0 Å². The first kappa shape index (κ1) is 69.7. The first-order valence-electron chi connectivity index (χ1n) is 29.4. The number of nitrogens with two attached hydrogens (primary N) is 1. The quantitative estimate of drug-likeness (QED) is 0.0240. The van der Waals surface area contributed by atoms with Crippen LogP contribution in [-0.4, -0.2) is 218 Å². The number of aliphatic carboxylic acids is 4. The van der Waals surface area contributed by atoms with Crippen molar-refractivity contribution in [3.8, 4) is 0 Å². The molecule has 2 aliphatic heterocycles. The van der Waals surface area contributed by atoms with Crippen molar-refractivity contribution < 1.29 is 63.6 Å². The molecular weight excluding hydrogens is 1140 g/mol. The largest absolute Gasteiger partial charge is 0.480 e. The van der Waals surface area contributed by atoms with Crippen molar-refractivity contribution in [2.75, 3.05) is 90.8 Å². The minimum Gasteiger partial charge on any atom is -0.480 e. The number of likely N-dealkylation sites (tertiary alicyclic amines) is 1. The molecule has 4 unspecified atom stereocenters. The number of nitrogens with zero attached hydrogens (tertiary/aromatic N) is 6. The highest BCUT2D eigenvalue weighted by Crippen LogP contribution is 2.27. The molecule has 24 heteroatoms. The lowest BCUT2D eigenvalue weighted by Gasteiger charge is -2.38. The number of rotatable bonds is 30. The van der Waals surface area contributed by atoms with Gasteiger partial charge in [-0.2, -0.15) is 0 Å². The Labute approximate surface area is 512 Å². The summed E-state index contributed by atoms with van der Waals surface area (Å²) in [5.41, 5.74) is 8.50. The number of unbranched alkanes of at least 4 members (excludes halogenated alkanes) is 1. The van der Waals surface area contributed by atoms with Gasteiger partial charge in [-0.25, -0.2) is 9.79 Å². The first-order valence-corrected chi connectivity index (χ1v) is 30.4. The Morgan fingerprint density at radius 2 is 1.31 bits per heavy atom. The zero-order valence-electron chi connectivity index (χ0n) is 49.6. The molecule has 0 bridgehead atoms. The molecule has 2 fully saturated rings. The molecule has 23 nitrogen and oxygen atoms in total. The maximum absolute atomic E-state index is 13.9. The third-order valence-corrected chi connectivity index (χ3v) is 15.7. The van der Waals surface area contributed by atoms with Gasteiger partial charge < -0.3 is 47.0 Å². The predicted molar refractivity (Wildman–Crippen MR) is 333 cm³/mol. The molecule has 2 aromatic carbocycles. The summed E-state index contributed by atoms with van der Waals surface area (Å²) in [4.78, 5) is 129. The van der Waals surface area contributed by atoms with E-state index in [1.807, 2.05) is 71.7 Å². The van der Waals surface area contributed by atoms with Crippen molar-refractivity contribution in [1.82, 2.24) is 40.4 Å². The average Bonchev–Trinajstić information content (AvgIpc) is 3.88. The van der Waals surface area contributed by atoms with E-state index in [0.717, 1.165) is 0 Å². The minimum absolute atomic E-state index is 0.0252. The summed E-state index contributed by atoms with van der Waals surface area (Å²) in [5, 5.41) is 46.8. The fourth-order valence-corrected chi connectivity index (χ4v) is 11.2. The smallest absolute Gasteiger partial charge is 0.326 e. The van der Waals surface area contributed by atoms with E-state index in [-0.39, 0.29) is 101 Å². The summed E-state index contributed by atoms with van der Waals surface area (Å²) in [6.45, 7) is 5.78. The van der Waals surface area contributed by atoms with E-state index in [0.29, 0.717) is 80.4 Å². The Balaban J connectivity index is 1.14. The molecule has 87 heavy (non-hydrogen) atoms. The van der Waals surface area contributed by atoms with Crippen LogP contribution in [0.4, 0.5) is 0 Å². The highest BCUT2D eigenvalue weighted by Gasteiger charge is 2.38. The van der Waals surface area contributed by atoms with Gasteiger partial charge in [0.1, 0.15) is 12.1 Å². The van der Waals surface area contributed by atoms with E-state index in [1.54, 1.807) is 64.4 Å². The summed E-state index contributed by atoms with van der Waals surface area (Å²) in [6, 6.07) is 12.3. The number of amides is 5. The van der Waals surface area contributed by atoms with Crippen LogP contribution in [0.2, 0.25) is 0 Å². The number of carbonyl (C=O) groups excluding carboxylic acids is 5. The fraction of sp³-hybridized carbons (Fsp3) is 0.460. The second-order valence-electron chi connectivity index (χ2n) is 21.9. The molecule has 0 saturated carbocycles. The molecular formula is C63H84N10O13S. The molecule has 2 heterocycles. The Hall–Kier alpha value is -8.03. The Morgan fingerprint density at radius 1 is 0.690 bits per heavy atom. The number of amidine groups is 1. The van der Waals surface area contributed by atoms with Gasteiger partial charge in [-0.3, -0.25) is 58.0 Å². The van der Waals surface area contributed by atoms with Gasteiger partial charge in [0.15, 0.2) is 0 Å². The summed E-state index contributed by atoms with van der Waals surface area (Å²) >= 11 is 1.38. The molecule has 1 aliphatic carbocycles. The van der Waals surface area contributed by atoms with Crippen LogP contribution in [-0.2, 0) is 51.2 Å². The van der Waals surface area contributed by atoms with Gasteiger partial charge in [-0.15, -0.1) is 11.8 Å². The molecule has 0 spiro atoms. The zero-order valence-corrected chi connectivity index (χ0v) is 50.4. The third kappa shape index (κ3) is 26.6. The predicted octanol–water partition coefficient (Wildman–Crippen LogP) is 3.60. The monoisotopic (exact) mass is 1220 g/mol. The Kier molecular flexibility index (Phi) is 30.1. The number of hydrogen-bond acceptors (Lipinski definition) is 15. The molecule has 0 aromatic heterocycles. The Bertz CT molecular complexity index is 2870. The second kappa shape index (κ2) is 37.5. The van der Waals surface area contributed by atoms with E-state index in [2.05, 4.69) is 39.7 Å². The summed E-state index contributed by atoms with van der Waals surface area (Å²) in [5.74, 6) is -5.95. The van der Waals surface area contributed by atoms with E-state index in [9.17, 15) is 63.6 Å². The van der Waals surface area contributed by atoms with Crippen molar-refractivity contribution in [3.05, 3.63) is 144 Å². The van der Waals surface area contributed by atoms with Crippen LogP contribution in [0.1, 0.15) is 73.9 Å². The normalized spacial score (nSPS) is 20.1. The van der Waals surface area contributed by atoms with Gasteiger partial charge in [0.05, 0.1) is 43.0 Å².